The number of rotatable bonds is 3. The van der Waals surface area contributed by atoms with Crippen LogP contribution in [0.4, 0.5) is 0 Å². The lowest BCUT2D eigenvalue weighted by atomic mass is 10.1. The molecule has 1 aliphatic rings. The molecule has 4 heteroatoms. The van der Waals surface area contributed by atoms with Gasteiger partial charge >= 0.3 is 0 Å². The minimum atomic E-state index is 0.534. The highest BCUT2D eigenvalue weighted by Gasteiger charge is 2.29. The van der Waals surface area contributed by atoms with E-state index in [1.165, 1.54) is 18.5 Å². The molecular formula is C12H14N4. The maximum Gasteiger partial charge on any atom is 0.0984 e. The Balaban J connectivity index is 2.07. The van der Waals surface area contributed by atoms with Gasteiger partial charge in [0.25, 0.3) is 0 Å². The Morgan fingerprint density at radius 1 is 1.44 bits per heavy atom. The molecule has 16 heavy (non-hydrogen) atoms. The molecule has 0 bridgehead atoms. The van der Waals surface area contributed by atoms with Crippen LogP contribution in [0.3, 0.4) is 0 Å². The highest BCUT2D eigenvalue weighted by Crippen LogP contribution is 2.42. The van der Waals surface area contributed by atoms with Gasteiger partial charge < -0.3 is 5.73 Å². The number of hydrogen-bond donors (Lipinski definition) is 2. The van der Waals surface area contributed by atoms with Gasteiger partial charge in [0.15, 0.2) is 0 Å². The second-order valence-electron chi connectivity index (χ2n) is 4.18. The fourth-order valence-electron chi connectivity index (χ4n) is 2.04. The Morgan fingerprint density at radius 2 is 2.31 bits per heavy atom. The van der Waals surface area contributed by atoms with E-state index in [-0.39, 0.29) is 0 Å². The number of aromatic nitrogens is 3. The zero-order chi connectivity index (χ0) is 11.0. The first kappa shape index (κ1) is 9.54. The van der Waals surface area contributed by atoms with Gasteiger partial charge in [-0.1, -0.05) is 0 Å². The lowest BCUT2D eigenvalue weighted by Gasteiger charge is -2.01. The summed E-state index contributed by atoms with van der Waals surface area (Å²) in [6.07, 6.45) is 6.09. The summed E-state index contributed by atoms with van der Waals surface area (Å²) in [6, 6.07) is 3.93. The maximum absolute atomic E-state index is 5.82. The van der Waals surface area contributed by atoms with Crippen molar-refractivity contribution in [3.8, 4) is 11.3 Å². The summed E-state index contributed by atoms with van der Waals surface area (Å²) in [4.78, 5) is 4.11. The summed E-state index contributed by atoms with van der Waals surface area (Å²) < 4.78 is 0. The predicted octanol–water partition coefficient (Wildman–Crippen LogP) is 1.81. The van der Waals surface area contributed by atoms with Crippen LogP contribution in [-0.2, 0) is 6.54 Å². The molecule has 0 aliphatic heterocycles. The number of aromatic amines is 1. The van der Waals surface area contributed by atoms with Gasteiger partial charge in [0.1, 0.15) is 0 Å². The van der Waals surface area contributed by atoms with Crippen LogP contribution in [0.15, 0.2) is 24.5 Å². The second-order valence-corrected chi connectivity index (χ2v) is 4.18. The van der Waals surface area contributed by atoms with Gasteiger partial charge in [0.05, 0.1) is 5.69 Å². The number of nitrogens with two attached hydrogens (primary N) is 1. The van der Waals surface area contributed by atoms with Crippen molar-refractivity contribution in [2.75, 3.05) is 0 Å². The Hall–Kier alpha value is -1.68. The molecule has 82 valence electrons. The summed E-state index contributed by atoms with van der Waals surface area (Å²) in [5, 5.41) is 7.50. The standard InChI is InChI=1S/C12H14N4/c13-6-10-11(8-3-4-8)15-16-12(10)9-2-1-5-14-7-9/h1-2,5,7-8H,3-4,6,13H2,(H,15,16). The molecule has 1 aliphatic carbocycles. The van der Waals surface area contributed by atoms with Crippen LogP contribution in [0.5, 0.6) is 0 Å². The highest BCUT2D eigenvalue weighted by atomic mass is 15.1. The minimum Gasteiger partial charge on any atom is -0.326 e. The van der Waals surface area contributed by atoms with Crippen molar-refractivity contribution in [3.05, 3.63) is 35.8 Å². The molecule has 0 saturated heterocycles. The number of pyridine rings is 1. The van der Waals surface area contributed by atoms with Crippen LogP contribution in [0, 0.1) is 0 Å². The summed E-state index contributed by atoms with van der Waals surface area (Å²) in [6.45, 7) is 0.534. The van der Waals surface area contributed by atoms with E-state index in [9.17, 15) is 0 Å². The number of hydrogen-bond acceptors (Lipinski definition) is 3. The molecule has 0 amide bonds. The fourth-order valence-corrected chi connectivity index (χ4v) is 2.04. The Bertz CT molecular complexity index is 485. The summed E-state index contributed by atoms with van der Waals surface area (Å²) in [5.41, 5.74) is 10.2. The van der Waals surface area contributed by atoms with Gasteiger partial charge in [-0.05, 0) is 25.0 Å². The normalized spacial score (nSPS) is 15.3. The SMILES string of the molecule is NCc1c(-c2cccnc2)n[nH]c1C1CC1. The molecule has 2 heterocycles. The number of nitrogens with zero attached hydrogens (tertiary/aromatic N) is 2. The zero-order valence-electron chi connectivity index (χ0n) is 8.98. The molecule has 3 rings (SSSR count). The van der Waals surface area contributed by atoms with Crippen molar-refractivity contribution in [1.82, 2.24) is 15.2 Å². The smallest absolute Gasteiger partial charge is 0.0984 e. The Morgan fingerprint density at radius 3 is 2.94 bits per heavy atom. The van der Waals surface area contributed by atoms with E-state index in [4.69, 9.17) is 5.73 Å². The van der Waals surface area contributed by atoms with Gasteiger partial charge in [-0.2, -0.15) is 5.10 Å². The van der Waals surface area contributed by atoms with Crippen LogP contribution in [0.2, 0.25) is 0 Å². The first-order valence-corrected chi connectivity index (χ1v) is 5.57. The summed E-state index contributed by atoms with van der Waals surface area (Å²) in [5.74, 6) is 0.650. The van der Waals surface area contributed by atoms with E-state index in [1.807, 2.05) is 18.3 Å². The van der Waals surface area contributed by atoms with Crippen LogP contribution < -0.4 is 5.73 Å². The molecule has 4 nitrogen and oxygen atoms in total. The Labute approximate surface area is 93.9 Å². The quantitative estimate of drug-likeness (QED) is 0.818. The molecule has 0 radical (unpaired) electrons. The number of nitrogens with one attached hydrogen (secondary N) is 1. The first-order valence-electron chi connectivity index (χ1n) is 5.57. The maximum atomic E-state index is 5.82. The minimum absolute atomic E-state index is 0.534. The van der Waals surface area contributed by atoms with Crippen molar-refractivity contribution in [1.29, 1.82) is 0 Å². The van der Waals surface area contributed by atoms with E-state index >= 15 is 0 Å². The van der Waals surface area contributed by atoms with Gasteiger partial charge in [-0.15, -0.1) is 0 Å². The molecule has 2 aromatic rings. The average molecular weight is 214 g/mol. The van der Waals surface area contributed by atoms with Crippen molar-refractivity contribution >= 4 is 0 Å². The molecule has 3 N–H and O–H groups in total. The topological polar surface area (TPSA) is 67.6 Å². The van der Waals surface area contributed by atoms with E-state index < -0.39 is 0 Å². The molecule has 0 aromatic carbocycles. The summed E-state index contributed by atoms with van der Waals surface area (Å²) >= 11 is 0. The van der Waals surface area contributed by atoms with Crippen LogP contribution in [-0.4, -0.2) is 15.2 Å². The largest absolute Gasteiger partial charge is 0.326 e. The van der Waals surface area contributed by atoms with Crippen LogP contribution in [0.25, 0.3) is 11.3 Å². The second kappa shape index (κ2) is 3.72. The van der Waals surface area contributed by atoms with Crippen molar-refractivity contribution < 1.29 is 0 Å². The van der Waals surface area contributed by atoms with Gasteiger partial charge in [0.2, 0.25) is 0 Å². The van der Waals surface area contributed by atoms with E-state index in [2.05, 4.69) is 15.2 Å². The molecule has 1 fully saturated rings. The lowest BCUT2D eigenvalue weighted by molar-refractivity contribution is 0.938. The molecule has 1 saturated carbocycles. The third kappa shape index (κ3) is 1.51. The average Bonchev–Trinajstić information content (AvgIpc) is 3.09. The van der Waals surface area contributed by atoms with Gasteiger partial charge in [0, 0.05) is 41.7 Å². The number of H-pyrrole nitrogens is 1. The monoisotopic (exact) mass is 214 g/mol. The van der Waals surface area contributed by atoms with E-state index in [0.717, 1.165) is 16.8 Å². The molecule has 2 aromatic heterocycles. The molecular weight excluding hydrogens is 200 g/mol. The highest BCUT2D eigenvalue weighted by molar-refractivity contribution is 5.63. The van der Waals surface area contributed by atoms with Crippen LogP contribution in [0.1, 0.15) is 30.0 Å². The predicted molar refractivity (Wildman–Crippen MR) is 61.7 cm³/mol. The summed E-state index contributed by atoms with van der Waals surface area (Å²) in [7, 11) is 0. The van der Waals surface area contributed by atoms with Crippen molar-refractivity contribution in [2.24, 2.45) is 5.73 Å². The van der Waals surface area contributed by atoms with E-state index in [1.54, 1.807) is 6.20 Å². The molecule has 0 spiro atoms. The molecule has 0 atom stereocenters. The molecule has 0 unspecified atom stereocenters. The lowest BCUT2D eigenvalue weighted by Crippen LogP contribution is -2.00. The fraction of sp³-hybridized carbons (Fsp3) is 0.333. The van der Waals surface area contributed by atoms with Crippen molar-refractivity contribution in [2.45, 2.75) is 25.3 Å². The van der Waals surface area contributed by atoms with Crippen LogP contribution >= 0.6 is 0 Å². The van der Waals surface area contributed by atoms with Crippen molar-refractivity contribution in [3.63, 3.8) is 0 Å². The Kier molecular flexibility index (Phi) is 2.22. The van der Waals surface area contributed by atoms with Gasteiger partial charge in [-0.25, -0.2) is 0 Å². The zero-order valence-corrected chi connectivity index (χ0v) is 8.98. The third-order valence-electron chi connectivity index (χ3n) is 3.02. The third-order valence-corrected chi connectivity index (χ3v) is 3.02. The van der Waals surface area contributed by atoms with E-state index in [0.29, 0.717) is 12.5 Å². The van der Waals surface area contributed by atoms with Gasteiger partial charge in [-0.3, -0.25) is 10.1 Å². The first-order chi connectivity index (χ1) is 7.90.